The Bertz CT molecular complexity index is 348. The maximum Gasteiger partial charge on any atom is 0.126 e. The van der Waals surface area contributed by atoms with Crippen molar-refractivity contribution in [3.63, 3.8) is 0 Å². The van der Waals surface area contributed by atoms with Crippen LogP contribution in [0.15, 0.2) is 18.3 Å². The van der Waals surface area contributed by atoms with E-state index in [1.165, 1.54) is 0 Å². The number of alkyl halides is 1. The number of rotatable bonds is 4. The summed E-state index contributed by atoms with van der Waals surface area (Å²) in [5.74, 6) is 1.16. The Kier molecular flexibility index (Phi) is 3.56. The molecule has 1 aromatic rings. The summed E-state index contributed by atoms with van der Waals surface area (Å²) >= 11 is 0. The van der Waals surface area contributed by atoms with Crippen LogP contribution in [0, 0.1) is 0 Å². The average Bonchev–Trinajstić information content (AvgIpc) is 2.64. The van der Waals surface area contributed by atoms with E-state index in [2.05, 4.69) is 9.88 Å². The summed E-state index contributed by atoms with van der Waals surface area (Å²) in [6, 6.07) is 3.44. The lowest BCUT2D eigenvalue weighted by Gasteiger charge is -2.14. The van der Waals surface area contributed by atoms with Gasteiger partial charge in [-0.2, -0.15) is 0 Å². The molecule has 0 saturated carbocycles. The lowest BCUT2D eigenvalue weighted by atomic mass is 10.3. The van der Waals surface area contributed by atoms with Crippen LogP contribution in [0.2, 0.25) is 0 Å². The lowest BCUT2D eigenvalue weighted by molar-refractivity contribution is 0.224. The number of hydrogen-bond donors (Lipinski definition) is 1. The van der Waals surface area contributed by atoms with Crippen molar-refractivity contribution in [1.82, 2.24) is 9.88 Å². The molecule has 1 fully saturated rings. The van der Waals surface area contributed by atoms with Gasteiger partial charge in [-0.05, 0) is 12.5 Å². The van der Waals surface area contributed by atoms with Gasteiger partial charge in [0.1, 0.15) is 24.3 Å². The van der Waals surface area contributed by atoms with E-state index in [0.717, 1.165) is 13.1 Å². The Hall–Kier alpha value is -1.36. The number of aromatic nitrogens is 1. The van der Waals surface area contributed by atoms with Gasteiger partial charge in [0.25, 0.3) is 0 Å². The largest absolute Gasteiger partial charge is 0.492 e. The molecule has 5 heteroatoms. The van der Waals surface area contributed by atoms with Crippen LogP contribution in [-0.4, -0.2) is 42.3 Å². The van der Waals surface area contributed by atoms with E-state index in [-0.39, 0.29) is 0 Å². The van der Waals surface area contributed by atoms with Gasteiger partial charge >= 0.3 is 0 Å². The third kappa shape index (κ3) is 3.06. The highest BCUT2D eigenvalue weighted by atomic mass is 19.1. The predicted octanol–water partition coefficient (Wildman–Crippen LogP) is 1.09. The van der Waals surface area contributed by atoms with Crippen molar-refractivity contribution in [3.05, 3.63) is 18.3 Å². The smallest absolute Gasteiger partial charge is 0.126 e. The van der Waals surface area contributed by atoms with Gasteiger partial charge in [0.2, 0.25) is 0 Å². The number of pyridine rings is 1. The summed E-state index contributed by atoms with van der Waals surface area (Å²) in [5.41, 5.74) is 5.52. The minimum absolute atomic E-state index is 0.447. The van der Waals surface area contributed by atoms with Gasteiger partial charge < -0.3 is 10.5 Å². The molecule has 1 saturated heterocycles. The molecule has 0 aromatic carbocycles. The second kappa shape index (κ2) is 5.12. The fourth-order valence-electron chi connectivity index (χ4n) is 1.80. The fourth-order valence-corrected chi connectivity index (χ4v) is 1.80. The first-order chi connectivity index (χ1) is 7.74. The number of nitrogens with two attached hydrogens (primary N) is 1. The molecule has 1 aromatic heterocycles. The standard InChI is InChI=1S/C11H16FN3O/c12-9-2-4-15(8-9)5-6-16-10-1-3-14-11(13)7-10/h1,3,7,9H,2,4-6,8H2,(H2,13,14). The van der Waals surface area contributed by atoms with Gasteiger partial charge in [-0.25, -0.2) is 9.37 Å². The molecule has 0 amide bonds. The van der Waals surface area contributed by atoms with Crippen LogP contribution in [0.25, 0.3) is 0 Å². The predicted molar refractivity (Wildman–Crippen MR) is 60.1 cm³/mol. The minimum Gasteiger partial charge on any atom is -0.492 e. The molecule has 88 valence electrons. The normalized spacial score (nSPS) is 21.2. The first-order valence-corrected chi connectivity index (χ1v) is 5.45. The monoisotopic (exact) mass is 225 g/mol. The topological polar surface area (TPSA) is 51.4 Å². The third-order valence-electron chi connectivity index (χ3n) is 2.64. The summed E-state index contributed by atoms with van der Waals surface area (Å²) in [5, 5.41) is 0. The molecule has 1 unspecified atom stereocenters. The number of nitrogen functional groups attached to an aromatic ring is 1. The molecule has 16 heavy (non-hydrogen) atoms. The molecule has 0 bridgehead atoms. The summed E-state index contributed by atoms with van der Waals surface area (Å²) in [6.45, 7) is 2.66. The van der Waals surface area contributed by atoms with E-state index in [1.54, 1.807) is 18.3 Å². The van der Waals surface area contributed by atoms with Crippen molar-refractivity contribution in [2.45, 2.75) is 12.6 Å². The van der Waals surface area contributed by atoms with Crippen LogP contribution in [-0.2, 0) is 0 Å². The van der Waals surface area contributed by atoms with E-state index in [0.29, 0.717) is 31.1 Å². The Labute approximate surface area is 94.2 Å². The zero-order valence-corrected chi connectivity index (χ0v) is 9.10. The third-order valence-corrected chi connectivity index (χ3v) is 2.64. The van der Waals surface area contributed by atoms with E-state index in [4.69, 9.17) is 10.5 Å². The maximum atomic E-state index is 12.9. The lowest BCUT2D eigenvalue weighted by Crippen LogP contribution is -2.26. The van der Waals surface area contributed by atoms with Gasteiger partial charge in [-0.3, -0.25) is 4.90 Å². The number of hydrogen-bond acceptors (Lipinski definition) is 4. The summed E-state index contributed by atoms with van der Waals surface area (Å²) in [4.78, 5) is 5.94. The highest BCUT2D eigenvalue weighted by Gasteiger charge is 2.20. The molecule has 0 aliphatic carbocycles. The molecule has 4 nitrogen and oxygen atoms in total. The van der Waals surface area contributed by atoms with Crippen molar-refractivity contribution in [2.75, 3.05) is 32.0 Å². The summed E-state index contributed by atoms with van der Waals surface area (Å²) in [7, 11) is 0. The van der Waals surface area contributed by atoms with Crippen molar-refractivity contribution < 1.29 is 9.13 Å². The Morgan fingerprint density at radius 3 is 3.19 bits per heavy atom. The molecule has 1 atom stereocenters. The minimum atomic E-state index is -0.670. The first kappa shape index (κ1) is 11.1. The molecule has 2 N–H and O–H groups in total. The second-order valence-corrected chi connectivity index (χ2v) is 3.95. The number of ether oxygens (including phenoxy) is 1. The van der Waals surface area contributed by atoms with E-state index < -0.39 is 6.17 Å². The Balaban J connectivity index is 1.72. The van der Waals surface area contributed by atoms with E-state index in [1.807, 2.05) is 0 Å². The van der Waals surface area contributed by atoms with E-state index in [9.17, 15) is 4.39 Å². The summed E-state index contributed by atoms with van der Waals surface area (Å²) in [6.07, 6.45) is 1.58. The van der Waals surface area contributed by atoms with Gasteiger partial charge in [-0.1, -0.05) is 0 Å². The molecular formula is C11H16FN3O. The average molecular weight is 225 g/mol. The van der Waals surface area contributed by atoms with Crippen LogP contribution in [0.4, 0.5) is 10.2 Å². The SMILES string of the molecule is Nc1cc(OCCN2CCC(F)C2)ccn1. The molecule has 0 radical (unpaired) electrons. The number of likely N-dealkylation sites (tertiary alicyclic amines) is 1. The van der Waals surface area contributed by atoms with Crippen molar-refractivity contribution in [3.8, 4) is 5.75 Å². The highest BCUT2D eigenvalue weighted by Crippen LogP contribution is 2.14. The molecule has 2 heterocycles. The Morgan fingerprint density at radius 1 is 1.62 bits per heavy atom. The molecule has 1 aliphatic heterocycles. The quantitative estimate of drug-likeness (QED) is 0.833. The van der Waals surface area contributed by atoms with Crippen LogP contribution in [0.5, 0.6) is 5.75 Å². The first-order valence-electron chi connectivity index (χ1n) is 5.45. The zero-order valence-electron chi connectivity index (χ0n) is 9.10. The van der Waals surface area contributed by atoms with Gasteiger partial charge in [0, 0.05) is 31.9 Å². The second-order valence-electron chi connectivity index (χ2n) is 3.95. The van der Waals surface area contributed by atoms with Gasteiger partial charge in [-0.15, -0.1) is 0 Å². The van der Waals surface area contributed by atoms with Crippen LogP contribution < -0.4 is 10.5 Å². The van der Waals surface area contributed by atoms with Crippen molar-refractivity contribution in [2.24, 2.45) is 0 Å². The fraction of sp³-hybridized carbons (Fsp3) is 0.545. The van der Waals surface area contributed by atoms with Crippen molar-refractivity contribution >= 4 is 5.82 Å². The van der Waals surface area contributed by atoms with Crippen LogP contribution in [0.3, 0.4) is 0 Å². The molecule has 1 aliphatic rings. The number of nitrogens with zero attached hydrogens (tertiary/aromatic N) is 2. The van der Waals surface area contributed by atoms with Gasteiger partial charge in [0.15, 0.2) is 0 Å². The zero-order chi connectivity index (χ0) is 11.4. The number of anilines is 1. The molecular weight excluding hydrogens is 209 g/mol. The van der Waals surface area contributed by atoms with Crippen LogP contribution >= 0.6 is 0 Å². The van der Waals surface area contributed by atoms with Crippen molar-refractivity contribution in [1.29, 1.82) is 0 Å². The summed E-state index contributed by atoms with van der Waals surface area (Å²) < 4.78 is 18.4. The molecule has 2 rings (SSSR count). The van der Waals surface area contributed by atoms with Crippen LogP contribution in [0.1, 0.15) is 6.42 Å². The highest BCUT2D eigenvalue weighted by molar-refractivity contribution is 5.35. The maximum absolute atomic E-state index is 12.9. The van der Waals surface area contributed by atoms with Gasteiger partial charge in [0.05, 0.1) is 0 Å². The van der Waals surface area contributed by atoms with E-state index >= 15 is 0 Å². The Morgan fingerprint density at radius 2 is 2.50 bits per heavy atom. The number of halogens is 1. The molecule has 0 spiro atoms.